The van der Waals surface area contributed by atoms with Crippen molar-refractivity contribution in [1.29, 1.82) is 0 Å². The number of nitrogens with one attached hydrogen (secondary N) is 1. The van der Waals surface area contributed by atoms with E-state index < -0.39 is 11.7 Å². The van der Waals surface area contributed by atoms with E-state index in [0.29, 0.717) is 11.5 Å². The molecule has 2 aromatic heterocycles. The van der Waals surface area contributed by atoms with Crippen LogP contribution in [0.1, 0.15) is 35.8 Å². The first kappa shape index (κ1) is 23.6. The third-order valence-electron chi connectivity index (χ3n) is 5.21. The zero-order chi connectivity index (χ0) is 23.4. The highest BCUT2D eigenvalue weighted by Crippen LogP contribution is 2.37. The van der Waals surface area contributed by atoms with Gasteiger partial charge in [-0.1, -0.05) is 19.6 Å². The van der Waals surface area contributed by atoms with E-state index in [2.05, 4.69) is 35.0 Å². The summed E-state index contributed by atoms with van der Waals surface area (Å²) in [5, 5.41) is 7.96. The number of fused-ring (bicyclic) bond motifs is 1. The van der Waals surface area contributed by atoms with Crippen molar-refractivity contribution in [2.45, 2.75) is 26.2 Å². The molecule has 1 aliphatic rings. The van der Waals surface area contributed by atoms with E-state index >= 15 is 0 Å². The number of amidine groups is 1. The number of thiophene rings is 1. The average molecular weight is 460 g/mol. The van der Waals surface area contributed by atoms with E-state index in [-0.39, 0.29) is 17.4 Å². The van der Waals surface area contributed by atoms with Gasteiger partial charge in [0.2, 0.25) is 0 Å². The van der Waals surface area contributed by atoms with E-state index in [1.807, 2.05) is 0 Å². The van der Waals surface area contributed by atoms with Crippen molar-refractivity contribution in [2.24, 2.45) is 16.8 Å². The van der Waals surface area contributed by atoms with Crippen LogP contribution in [-0.2, 0) is 6.42 Å². The van der Waals surface area contributed by atoms with Crippen LogP contribution in [0.25, 0.3) is 10.4 Å². The number of hydrogen-bond donors (Lipinski definition) is 4. The largest absolute Gasteiger partial charge is 0.383 e. The summed E-state index contributed by atoms with van der Waals surface area (Å²) in [6.45, 7) is 8.54. The molecule has 0 aromatic carbocycles. The van der Waals surface area contributed by atoms with Gasteiger partial charge in [-0.15, -0.1) is 11.3 Å². The molecular weight excluding hydrogens is 432 g/mol. The SMILES string of the molecule is C=C/C=C(\C(F)=C(/C)F)N(N)/C(=N\N)c1cc(-c2cc3c(s2)CCNCC3C)cnc1N. The second-order valence-corrected chi connectivity index (χ2v) is 8.60. The number of nitrogens with two attached hydrogens (primary N) is 3. The van der Waals surface area contributed by atoms with Crippen LogP contribution in [0, 0.1) is 0 Å². The number of hydrazone groups is 1. The summed E-state index contributed by atoms with van der Waals surface area (Å²) in [6.07, 6.45) is 5.10. The Hall–Kier alpha value is -3.08. The van der Waals surface area contributed by atoms with Crippen molar-refractivity contribution in [3.05, 3.63) is 70.4 Å². The standard InChI is InChI=1S/C22H27F2N7S/c1-4-5-17(20(24)13(3)23)31(27)22(30-26)16-8-14(11-29-21(16)25)19-9-15-12(2)10-28-7-6-18(15)32-19/h4-5,8-9,11-12,28H,1,6-7,10,26-27H2,2-3H3,(H2,25,29)/b17-5+,20-13-,30-22-. The van der Waals surface area contributed by atoms with Crippen LogP contribution in [0.15, 0.2) is 59.5 Å². The van der Waals surface area contributed by atoms with Crippen LogP contribution in [0.3, 0.4) is 0 Å². The molecule has 3 rings (SSSR count). The minimum Gasteiger partial charge on any atom is -0.383 e. The topological polar surface area (TPSA) is 119 Å². The molecule has 10 heteroatoms. The van der Waals surface area contributed by atoms with Gasteiger partial charge in [-0.3, -0.25) is 5.01 Å². The van der Waals surface area contributed by atoms with E-state index in [9.17, 15) is 8.78 Å². The van der Waals surface area contributed by atoms with Crippen molar-refractivity contribution >= 4 is 23.0 Å². The highest BCUT2D eigenvalue weighted by Gasteiger charge is 2.24. The van der Waals surface area contributed by atoms with Gasteiger partial charge < -0.3 is 16.9 Å². The van der Waals surface area contributed by atoms with E-state index in [0.717, 1.165) is 41.9 Å². The maximum absolute atomic E-state index is 14.4. The van der Waals surface area contributed by atoms with Crippen molar-refractivity contribution in [2.75, 3.05) is 18.8 Å². The van der Waals surface area contributed by atoms with Gasteiger partial charge in [0, 0.05) is 28.1 Å². The van der Waals surface area contributed by atoms with Crippen molar-refractivity contribution < 1.29 is 8.78 Å². The van der Waals surface area contributed by atoms with Gasteiger partial charge in [-0.2, -0.15) is 5.10 Å². The van der Waals surface area contributed by atoms with E-state index in [1.54, 1.807) is 23.6 Å². The molecule has 2 aromatic rings. The van der Waals surface area contributed by atoms with Crippen molar-refractivity contribution in [3.63, 3.8) is 0 Å². The molecule has 170 valence electrons. The predicted molar refractivity (Wildman–Crippen MR) is 127 cm³/mol. The van der Waals surface area contributed by atoms with Crippen LogP contribution in [0.5, 0.6) is 0 Å². The number of hydrogen-bond acceptors (Lipinski definition) is 7. The maximum Gasteiger partial charge on any atom is 0.179 e. The molecule has 0 aliphatic carbocycles. The second kappa shape index (κ2) is 10.0. The summed E-state index contributed by atoms with van der Waals surface area (Å²) in [5.41, 5.74) is 8.18. The first-order valence-electron chi connectivity index (χ1n) is 10.1. The van der Waals surface area contributed by atoms with E-state index in [1.165, 1.54) is 22.6 Å². The Morgan fingerprint density at radius 3 is 2.81 bits per heavy atom. The molecule has 0 saturated heterocycles. The summed E-state index contributed by atoms with van der Waals surface area (Å²) < 4.78 is 28.0. The molecule has 32 heavy (non-hydrogen) atoms. The molecule has 1 aliphatic heterocycles. The van der Waals surface area contributed by atoms with Gasteiger partial charge in [-0.05, 0) is 49.6 Å². The number of hydrazine groups is 1. The highest BCUT2D eigenvalue weighted by atomic mass is 32.1. The number of nitrogen functional groups attached to an aromatic ring is 1. The van der Waals surface area contributed by atoms with Crippen LogP contribution >= 0.6 is 11.3 Å². The molecule has 7 N–H and O–H groups in total. The third kappa shape index (κ3) is 4.72. The average Bonchev–Trinajstić information content (AvgIpc) is 3.12. The second-order valence-electron chi connectivity index (χ2n) is 7.46. The van der Waals surface area contributed by atoms with Gasteiger partial charge in [0.1, 0.15) is 11.6 Å². The minimum absolute atomic E-state index is 0.0722. The fourth-order valence-electron chi connectivity index (χ4n) is 3.54. The predicted octanol–water partition coefficient (Wildman–Crippen LogP) is 3.68. The normalized spacial score (nSPS) is 18.0. The summed E-state index contributed by atoms with van der Waals surface area (Å²) in [6, 6.07) is 3.91. The fraction of sp³-hybridized carbons (Fsp3) is 0.273. The monoisotopic (exact) mass is 459 g/mol. The smallest absolute Gasteiger partial charge is 0.179 e. The Balaban J connectivity index is 2.05. The molecular formula is C22H27F2N7S. The van der Waals surface area contributed by atoms with Gasteiger partial charge in [-0.25, -0.2) is 19.6 Å². The molecule has 0 bridgehead atoms. The van der Waals surface area contributed by atoms with Crippen LogP contribution in [0.2, 0.25) is 0 Å². The molecule has 7 nitrogen and oxygen atoms in total. The lowest BCUT2D eigenvalue weighted by molar-refractivity contribution is 0.470. The number of allylic oxidation sites excluding steroid dienone is 4. The molecule has 3 heterocycles. The van der Waals surface area contributed by atoms with E-state index in [4.69, 9.17) is 17.4 Å². The minimum atomic E-state index is -1.17. The number of anilines is 1. The fourth-order valence-corrected chi connectivity index (χ4v) is 4.80. The molecule has 1 atom stereocenters. The first-order chi connectivity index (χ1) is 15.3. The maximum atomic E-state index is 14.4. The summed E-state index contributed by atoms with van der Waals surface area (Å²) in [4.78, 5) is 6.61. The zero-order valence-corrected chi connectivity index (χ0v) is 18.8. The first-order valence-corrected chi connectivity index (χ1v) is 10.9. The number of aromatic nitrogens is 1. The number of nitrogens with zero attached hydrogens (tertiary/aromatic N) is 3. The van der Waals surface area contributed by atoms with Crippen LogP contribution in [0.4, 0.5) is 14.6 Å². The van der Waals surface area contributed by atoms with Crippen LogP contribution in [-0.4, -0.2) is 28.9 Å². The summed E-state index contributed by atoms with van der Waals surface area (Å²) >= 11 is 1.69. The number of halogens is 2. The lowest BCUT2D eigenvalue weighted by Gasteiger charge is -2.23. The Labute approximate surface area is 190 Å². The molecule has 0 radical (unpaired) electrons. The summed E-state index contributed by atoms with van der Waals surface area (Å²) in [7, 11) is 0. The molecule has 0 amide bonds. The Morgan fingerprint density at radius 1 is 1.41 bits per heavy atom. The quantitative estimate of drug-likeness (QED) is 0.178. The summed E-state index contributed by atoms with van der Waals surface area (Å²) in [5.74, 6) is 9.87. The molecule has 1 unspecified atom stereocenters. The van der Waals surface area contributed by atoms with Crippen LogP contribution < -0.4 is 22.7 Å². The molecule has 0 saturated carbocycles. The van der Waals surface area contributed by atoms with Gasteiger partial charge in [0.25, 0.3) is 0 Å². The van der Waals surface area contributed by atoms with Gasteiger partial charge in [0.05, 0.1) is 11.3 Å². The van der Waals surface area contributed by atoms with Gasteiger partial charge in [0.15, 0.2) is 11.7 Å². The Bertz CT molecular complexity index is 1100. The Kier molecular flexibility index (Phi) is 7.39. The Morgan fingerprint density at radius 2 is 2.16 bits per heavy atom. The lowest BCUT2D eigenvalue weighted by Crippen LogP contribution is -2.39. The van der Waals surface area contributed by atoms with Gasteiger partial charge >= 0.3 is 0 Å². The molecule has 0 fully saturated rings. The molecule has 0 spiro atoms. The number of rotatable bonds is 5. The zero-order valence-electron chi connectivity index (χ0n) is 18.0. The highest BCUT2D eigenvalue weighted by molar-refractivity contribution is 7.15. The van der Waals surface area contributed by atoms with Crippen molar-refractivity contribution in [1.82, 2.24) is 15.3 Å². The van der Waals surface area contributed by atoms with Crippen molar-refractivity contribution in [3.8, 4) is 10.4 Å². The lowest BCUT2D eigenvalue weighted by atomic mass is 10.0. The third-order valence-corrected chi connectivity index (χ3v) is 6.47. The number of pyridine rings is 1.